The van der Waals surface area contributed by atoms with E-state index in [4.69, 9.17) is 0 Å². The third-order valence-corrected chi connectivity index (χ3v) is 5.63. The van der Waals surface area contributed by atoms with E-state index in [-0.39, 0.29) is 11.3 Å². The summed E-state index contributed by atoms with van der Waals surface area (Å²) in [7, 11) is 1.13. The van der Waals surface area contributed by atoms with Gasteiger partial charge in [0, 0.05) is 10.9 Å². The fourth-order valence-electron chi connectivity index (χ4n) is 3.00. The predicted octanol–water partition coefficient (Wildman–Crippen LogP) is 1.95. The molecule has 3 atom stereocenters. The molecule has 0 saturated heterocycles. The van der Waals surface area contributed by atoms with Gasteiger partial charge >= 0.3 is 0 Å². The van der Waals surface area contributed by atoms with Gasteiger partial charge in [0.25, 0.3) is 0 Å². The summed E-state index contributed by atoms with van der Waals surface area (Å²) in [6, 6.07) is 4.75. The number of rotatable bonds is 1. The third-order valence-electron chi connectivity index (χ3n) is 3.89. The second-order valence-electron chi connectivity index (χ2n) is 4.78. The molecule has 3 heteroatoms. The first-order valence-corrected chi connectivity index (χ1v) is 7.17. The minimum absolute atomic E-state index is 0.197. The number of hydrogen-bond donors (Lipinski definition) is 1. The van der Waals surface area contributed by atoms with Gasteiger partial charge in [-0.1, -0.05) is 6.07 Å². The largest absolute Gasteiger partial charge is 0.312 e. The molecule has 0 saturated carbocycles. The molecule has 2 nitrogen and oxygen atoms in total. The van der Waals surface area contributed by atoms with E-state index in [1.165, 1.54) is 36.0 Å². The Balaban J connectivity index is 2.16. The van der Waals surface area contributed by atoms with Crippen LogP contribution in [0.5, 0.6) is 0 Å². The van der Waals surface area contributed by atoms with Gasteiger partial charge in [-0.25, -0.2) is 0 Å². The van der Waals surface area contributed by atoms with Gasteiger partial charge in [0.2, 0.25) is 0 Å². The van der Waals surface area contributed by atoms with Crippen molar-refractivity contribution in [3.05, 3.63) is 28.8 Å². The summed E-state index contributed by atoms with van der Waals surface area (Å²) in [6.07, 6.45) is 3.61. The first kappa shape index (κ1) is 10.5. The van der Waals surface area contributed by atoms with E-state index in [0.29, 0.717) is 0 Å². The van der Waals surface area contributed by atoms with Crippen molar-refractivity contribution in [1.82, 2.24) is 5.32 Å². The summed E-state index contributed by atoms with van der Waals surface area (Å²) < 4.78 is 12.2. The molecule has 3 unspecified atom stereocenters. The molecule has 1 heterocycles. The third kappa shape index (κ3) is 1.31. The zero-order valence-electron chi connectivity index (χ0n) is 9.75. The maximum absolute atomic E-state index is 12.2. The Morgan fingerprint density at radius 2 is 2.00 bits per heavy atom. The quantitative estimate of drug-likeness (QED) is 0.806. The van der Waals surface area contributed by atoms with Crippen LogP contribution in [0.1, 0.15) is 36.1 Å². The first-order chi connectivity index (χ1) is 7.72. The Morgan fingerprint density at radius 3 is 2.69 bits per heavy atom. The molecular weight excluding hydrogens is 218 g/mol. The van der Waals surface area contributed by atoms with Crippen LogP contribution in [-0.2, 0) is 23.6 Å². The van der Waals surface area contributed by atoms with Crippen LogP contribution in [0.15, 0.2) is 17.0 Å². The lowest BCUT2D eigenvalue weighted by Gasteiger charge is -2.14. The van der Waals surface area contributed by atoms with Crippen LogP contribution < -0.4 is 5.32 Å². The maximum atomic E-state index is 12.2. The molecule has 1 aromatic carbocycles. The van der Waals surface area contributed by atoms with Crippen molar-refractivity contribution in [2.45, 2.75) is 42.4 Å². The van der Waals surface area contributed by atoms with Gasteiger partial charge in [-0.15, -0.1) is 0 Å². The Kier molecular flexibility index (Phi) is 2.41. The average molecular weight is 235 g/mol. The van der Waals surface area contributed by atoms with Gasteiger partial charge in [-0.2, -0.15) is 0 Å². The highest BCUT2D eigenvalue weighted by atomic mass is 32.2. The molecular formula is C13H17NOS. The zero-order chi connectivity index (χ0) is 11.3. The summed E-state index contributed by atoms with van der Waals surface area (Å²) >= 11 is 0. The van der Waals surface area contributed by atoms with Crippen LogP contribution in [0, 0.1) is 0 Å². The highest BCUT2D eigenvalue weighted by molar-refractivity contribution is 7.86. The smallest absolute Gasteiger partial charge is 0.0580 e. The lowest BCUT2D eigenvalue weighted by molar-refractivity contribution is 0.584. The fraction of sp³-hybridized carbons (Fsp3) is 0.538. The number of hydrogen-bond acceptors (Lipinski definition) is 2. The van der Waals surface area contributed by atoms with Gasteiger partial charge in [0.15, 0.2) is 0 Å². The normalized spacial score (nSPS) is 31.5. The van der Waals surface area contributed by atoms with E-state index in [1.54, 1.807) is 0 Å². The highest BCUT2D eigenvalue weighted by Gasteiger charge is 2.35. The van der Waals surface area contributed by atoms with Crippen molar-refractivity contribution in [3.8, 4) is 0 Å². The maximum Gasteiger partial charge on any atom is 0.0580 e. The van der Waals surface area contributed by atoms with Crippen LogP contribution in [0.25, 0.3) is 0 Å². The number of fused-ring (bicyclic) bond motifs is 2. The van der Waals surface area contributed by atoms with Crippen molar-refractivity contribution in [3.63, 3.8) is 0 Å². The topological polar surface area (TPSA) is 29.1 Å². The number of benzene rings is 1. The van der Waals surface area contributed by atoms with Gasteiger partial charge < -0.3 is 5.32 Å². The summed E-state index contributed by atoms with van der Waals surface area (Å²) in [6.45, 7) is 2.07. The van der Waals surface area contributed by atoms with E-state index in [9.17, 15) is 4.21 Å². The molecule has 1 aliphatic heterocycles. The van der Waals surface area contributed by atoms with Gasteiger partial charge in [0.05, 0.1) is 16.0 Å². The SMILES string of the molecule is CNC1c2cc3c(cc2S(=O)C1C)CCC3. The van der Waals surface area contributed by atoms with Gasteiger partial charge in [-0.05, 0) is 56.0 Å². The Hall–Kier alpha value is -0.670. The average Bonchev–Trinajstić information content (AvgIpc) is 2.82. The standard InChI is InChI=1S/C13H17NOS/c1-8-13(14-2)11-6-9-4-3-5-10(9)7-12(11)16(8)15/h6-8,13-14H,3-5H2,1-2H3. The molecule has 3 rings (SSSR count). The Labute approximate surface area is 98.9 Å². The molecule has 0 amide bonds. The minimum atomic E-state index is -0.827. The molecule has 1 aliphatic carbocycles. The van der Waals surface area contributed by atoms with E-state index in [1.807, 2.05) is 7.05 Å². The molecule has 2 aliphatic rings. The molecule has 86 valence electrons. The van der Waals surface area contributed by atoms with Crippen LogP contribution in [-0.4, -0.2) is 16.5 Å². The zero-order valence-corrected chi connectivity index (χ0v) is 10.6. The van der Waals surface area contributed by atoms with Crippen molar-refractivity contribution < 1.29 is 4.21 Å². The van der Waals surface area contributed by atoms with E-state index < -0.39 is 10.8 Å². The molecule has 1 aromatic rings. The highest BCUT2D eigenvalue weighted by Crippen LogP contribution is 2.39. The van der Waals surface area contributed by atoms with Crippen LogP contribution >= 0.6 is 0 Å². The number of aryl methyl sites for hydroxylation is 2. The van der Waals surface area contributed by atoms with Crippen molar-refractivity contribution in [1.29, 1.82) is 0 Å². The molecule has 0 aromatic heterocycles. The Bertz CT molecular complexity index is 469. The molecule has 0 fully saturated rings. The second-order valence-corrected chi connectivity index (χ2v) is 6.56. The van der Waals surface area contributed by atoms with E-state index in [2.05, 4.69) is 24.4 Å². The van der Waals surface area contributed by atoms with Crippen LogP contribution in [0.2, 0.25) is 0 Å². The minimum Gasteiger partial charge on any atom is -0.312 e. The van der Waals surface area contributed by atoms with E-state index in [0.717, 1.165) is 4.90 Å². The first-order valence-electron chi connectivity index (χ1n) is 5.96. The summed E-state index contributed by atoms with van der Waals surface area (Å²) in [5.74, 6) is 0. The molecule has 0 radical (unpaired) electrons. The number of nitrogens with one attached hydrogen (secondary N) is 1. The summed E-state index contributed by atoms with van der Waals surface area (Å²) in [5, 5.41) is 3.50. The molecule has 0 spiro atoms. The molecule has 1 N–H and O–H groups in total. The van der Waals surface area contributed by atoms with Crippen LogP contribution in [0.3, 0.4) is 0 Å². The lowest BCUT2D eigenvalue weighted by Crippen LogP contribution is -2.24. The predicted molar refractivity (Wildman–Crippen MR) is 66.1 cm³/mol. The second kappa shape index (κ2) is 3.67. The summed E-state index contributed by atoms with van der Waals surface area (Å²) in [4.78, 5) is 1.08. The van der Waals surface area contributed by atoms with Crippen LogP contribution in [0.4, 0.5) is 0 Å². The van der Waals surface area contributed by atoms with Crippen molar-refractivity contribution in [2.75, 3.05) is 7.05 Å². The summed E-state index contributed by atoms with van der Waals surface area (Å²) in [5.41, 5.74) is 4.18. The lowest BCUT2D eigenvalue weighted by atomic mass is 10.00. The Morgan fingerprint density at radius 1 is 1.31 bits per heavy atom. The van der Waals surface area contributed by atoms with Crippen molar-refractivity contribution in [2.24, 2.45) is 0 Å². The van der Waals surface area contributed by atoms with Crippen molar-refractivity contribution >= 4 is 10.8 Å². The van der Waals surface area contributed by atoms with E-state index >= 15 is 0 Å². The van der Waals surface area contributed by atoms with Gasteiger partial charge in [0.1, 0.15) is 0 Å². The monoisotopic (exact) mass is 235 g/mol. The fourth-order valence-corrected chi connectivity index (χ4v) is 4.61. The van der Waals surface area contributed by atoms with Gasteiger partial charge in [-0.3, -0.25) is 4.21 Å². The molecule has 0 bridgehead atoms. The molecule has 16 heavy (non-hydrogen) atoms.